The van der Waals surface area contributed by atoms with Gasteiger partial charge in [-0.25, -0.2) is 4.79 Å². The summed E-state index contributed by atoms with van der Waals surface area (Å²) in [5.41, 5.74) is 10.5. The van der Waals surface area contributed by atoms with Gasteiger partial charge in [-0.05, 0) is 31.9 Å². The van der Waals surface area contributed by atoms with E-state index in [1.54, 1.807) is 6.92 Å². The molecule has 4 heteroatoms. The van der Waals surface area contributed by atoms with Crippen molar-refractivity contribution in [3.63, 3.8) is 0 Å². The number of nitrogens with zero attached hydrogens (tertiary/aromatic N) is 2. The summed E-state index contributed by atoms with van der Waals surface area (Å²) >= 11 is 0. The van der Waals surface area contributed by atoms with Gasteiger partial charge in [-0.1, -0.05) is 24.3 Å². The zero-order chi connectivity index (χ0) is 12.4. The Morgan fingerprint density at radius 3 is 2.19 bits per heavy atom. The number of carbonyl (C=O) groups is 1. The van der Waals surface area contributed by atoms with Gasteiger partial charge in [0, 0.05) is 0 Å². The van der Waals surface area contributed by atoms with Crippen LogP contribution in [-0.2, 0) is 9.53 Å². The van der Waals surface area contributed by atoms with E-state index in [1.165, 1.54) is 11.1 Å². The van der Waals surface area contributed by atoms with E-state index in [1.807, 2.05) is 0 Å². The lowest BCUT2D eigenvalue weighted by atomic mass is 10.1. The standard InChI is InChI=1S/C8H10.C4H6N2O2/c1-7-5-3-4-6-8(7)2;1-2-8-4(7)3-6-5/h3-6H,1-2H3;3H,2H2,1H3. The SMILES string of the molecule is CCOC(=O)C=[N+]=[N-].Cc1ccccc1C. The minimum Gasteiger partial charge on any atom is -0.458 e. The Hall–Kier alpha value is -1.93. The smallest absolute Gasteiger partial charge is 0.413 e. The highest BCUT2D eigenvalue weighted by atomic mass is 16.5. The summed E-state index contributed by atoms with van der Waals surface area (Å²) in [6.07, 6.45) is 0.698. The van der Waals surface area contributed by atoms with E-state index < -0.39 is 5.97 Å². The highest BCUT2D eigenvalue weighted by Gasteiger charge is 1.97. The van der Waals surface area contributed by atoms with Gasteiger partial charge in [-0.15, -0.1) is 0 Å². The number of benzene rings is 1. The molecule has 0 aliphatic carbocycles. The molecule has 0 bridgehead atoms. The molecule has 0 spiro atoms. The fraction of sp³-hybridized carbons (Fsp3) is 0.333. The molecule has 0 fully saturated rings. The van der Waals surface area contributed by atoms with Crippen LogP contribution in [0.25, 0.3) is 5.53 Å². The number of aryl methyl sites for hydroxylation is 2. The van der Waals surface area contributed by atoms with Gasteiger partial charge in [-0.3, -0.25) is 0 Å². The third-order valence-electron chi connectivity index (χ3n) is 1.88. The lowest BCUT2D eigenvalue weighted by Gasteiger charge is -1.93. The summed E-state index contributed by atoms with van der Waals surface area (Å²) < 4.78 is 4.33. The molecule has 0 amide bonds. The van der Waals surface area contributed by atoms with Gasteiger partial charge < -0.3 is 10.3 Å². The first-order valence-corrected chi connectivity index (χ1v) is 4.98. The molecular weight excluding hydrogens is 204 g/mol. The van der Waals surface area contributed by atoms with Gasteiger partial charge in [0.15, 0.2) is 0 Å². The topological polar surface area (TPSA) is 62.7 Å². The van der Waals surface area contributed by atoms with Crippen molar-refractivity contribution in [2.75, 3.05) is 6.61 Å². The Balaban J connectivity index is 0.000000281. The van der Waals surface area contributed by atoms with Gasteiger partial charge in [0.1, 0.15) is 0 Å². The lowest BCUT2D eigenvalue weighted by Crippen LogP contribution is -2.04. The normalized spacial score (nSPS) is 8.19. The maximum atomic E-state index is 10.1. The minimum absolute atomic E-state index is 0.296. The van der Waals surface area contributed by atoms with Gasteiger partial charge >= 0.3 is 12.2 Å². The molecule has 0 unspecified atom stereocenters. The Kier molecular flexibility index (Phi) is 7.37. The van der Waals surface area contributed by atoms with E-state index in [0.717, 1.165) is 0 Å². The maximum Gasteiger partial charge on any atom is 0.413 e. The molecule has 0 N–H and O–H groups in total. The van der Waals surface area contributed by atoms with Crippen LogP contribution in [0.5, 0.6) is 0 Å². The van der Waals surface area contributed by atoms with Gasteiger partial charge in [0.2, 0.25) is 0 Å². The van der Waals surface area contributed by atoms with Gasteiger partial charge in [0.05, 0.1) is 6.61 Å². The van der Waals surface area contributed by atoms with Crippen molar-refractivity contribution in [3.8, 4) is 0 Å². The zero-order valence-electron chi connectivity index (χ0n) is 9.80. The van der Waals surface area contributed by atoms with Crippen LogP contribution in [0.4, 0.5) is 0 Å². The predicted molar refractivity (Wildman–Crippen MR) is 62.2 cm³/mol. The minimum atomic E-state index is -0.630. The van der Waals surface area contributed by atoms with Gasteiger partial charge in [-0.2, -0.15) is 4.79 Å². The molecule has 0 saturated carbocycles. The fourth-order valence-corrected chi connectivity index (χ4v) is 0.889. The van der Waals surface area contributed by atoms with Crippen LogP contribution in [-0.4, -0.2) is 23.6 Å². The molecule has 0 aliphatic rings. The molecule has 16 heavy (non-hydrogen) atoms. The average Bonchev–Trinajstić information content (AvgIpc) is 2.24. The highest BCUT2D eigenvalue weighted by molar-refractivity contribution is 6.20. The molecule has 0 atom stereocenters. The molecule has 0 aromatic heterocycles. The fourth-order valence-electron chi connectivity index (χ4n) is 0.889. The van der Waals surface area contributed by atoms with E-state index in [4.69, 9.17) is 5.53 Å². The van der Waals surface area contributed by atoms with E-state index in [2.05, 4.69) is 47.6 Å². The van der Waals surface area contributed by atoms with Crippen molar-refractivity contribution in [1.29, 1.82) is 0 Å². The Labute approximate surface area is 95.5 Å². The Morgan fingerprint density at radius 1 is 1.38 bits per heavy atom. The van der Waals surface area contributed by atoms with Crippen LogP contribution in [0, 0.1) is 13.8 Å². The van der Waals surface area contributed by atoms with Crippen LogP contribution in [0.1, 0.15) is 18.1 Å². The van der Waals surface area contributed by atoms with E-state index in [9.17, 15) is 4.79 Å². The third kappa shape index (κ3) is 6.51. The van der Waals surface area contributed by atoms with Crippen molar-refractivity contribution in [2.24, 2.45) is 0 Å². The van der Waals surface area contributed by atoms with E-state index in [-0.39, 0.29) is 0 Å². The summed E-state index contributed by atoms with van der Waals surface area (Å²) in [5.74, 6) is -0.630. The van der Waals surface area contributed by atoms with E-state index >= 15 is 0 Å². The van der Waals surface area contributed by atoms with Crippen LogP contribution in [0.2, 0.25) is 0 Å². The number of esters is 1. The van der Waals surface area contributed by atoms with Crippen molar-refractivity contribution in [2.45, 2.75) is 20.8 Å². The van der Waals surface area contributed by atoms with Crippen molar-refractivity contribution in [1.82, 2.24) is 0 Å². The first-order valence-electron chi connectivity index (χ1n) is 4.98. The molecular formula is C12H16N2O2. The molecule has 1 aromatic carbocycles. The number of hydrogen-bond acceptors (Lipinski definition) is 2. The maximum absolute atomic E-state index is 10.1. The largest absolute Gasteiger partial charge is 0.458 e. The summed E-state index contributed by atoms with van der Waals surface area (Å²) in [7, 11) is 0. The summed E-state index contributed by atoms with van der Waals surface area (Å²) in [4.78, 5) is 12.6. The first kappa shape index (κ1) is 14.1. The van der Waals surface area contributed by atoms with Crippen LogP contribution < -0.4 is 0 Å². The Bertz CT molecular complexity index is 361. The number of carbonyl (C=O) groups excluding carboxylic acids is 1. The van der Waals surface area contributed by atoms with E-state index in [0.29, 0.717) is 12.8 Å². The number of rotatable bonds is 2. The Morgan fingerprint density at radius 2 is 1.88 bits per heavy atom. The third-order valence-corrected chi connectivity index (χ3v) is 1.88. The second kappa shape index (κ2) is 8.38. The van der Waals surface area contributed by atoms with Crippen LogP contribution >= 0.6 is 0 Å². The highest BCUT2D eigenvalue weighted by Crippen LogP contribution is 2.02. The van der Waals surface area contributed by atoms with Crippen LogP contribution in [0.15, 0.2) is 24.3 Å². The average molecular weight is 220 g/mol. The molecule has 1 aromatic rings. The predicted octanol–water partition coefficient (Wildman–Crippen LogP) is 2.15. The summed E-state index contributed by atoms with van der Waals surface area (Å²) in [5, 5.41) is 0. The van der Waals surface area contributed by atoms with Gasteiger partial charge in [0.25, 0.3) is 0 Å². The first-order chi connectivity index (χ1) is 7.61. The second-order valence-electron chi connectivity index (χ2n) is 3.08. The van der Waals surface area contributed by atoms with Crippen molar-refractivity contribution < 1.29 is 14.3 Å². The molecule has 86 valence electrons. The quantitative estimate of drug-likeness (QED) is 0.332. The molecule has 4 nitrogen and oxygen atoms in total. The molecule has 1 rings (SSSR count). The molecule has 0 heterocycles. The van der Waals surface area contributed by atoms with Crippen molar-refractivity contribution >= 4 is 12.2 Å². The van der Waals surface area contributed by atoms with Crippen molar-refractivity contribution in [3.05, 3.63) is 40.9 Å². The number of ether oxygens (including phenoxy) is 1. The lowest BCUT2D eigenvalue weighted by molar-refractivity contribution is -0.138. The number of hydrogen-bond donors (Lipinski definition) is 0. The second-order valence-corrected chi connectivity index (χ2v) is 3.08. The molecule has 0 saturated heterocycles. The molecule has 0 radical (unpaired) electrons. The van der Waals surface area contributed by atoms with Crippen LogP contribution in [0.3, 0.4) is 0 Å². The summed E-state index contributed by atoms with van der Waals surface area (Å²) in [6.45, 7) is 6.21. The summed E-state index contributed by atoms with van der Waals surface area (Å²) in [6, 6.07) is 8.36. The zero-order valence-corrected chi connectivity index (χ0v) is 9.80. The molecule has 0 aliphatic heterocycles. The monoisotopic (exact) mass is 220 g/mol.